The number of aromatic nitrogens is 4. The Bertz CT molecular complexity index is 1490. The molecule has 4 nitrogen and oxygen atoms in total. The molecular formula is C31H32N4. The number of hydrogen-bond donors (Lipinski definition) is 0. The number of hydrogen-bond acceptors (Lipinski definition) is 2. The molecule has 1 aliphatic rings. The van der Waals surface area contributed by atoms with Gasteiger partial charge >= 0.3 is 0 Å². The fourth-order valence-corrected chi connectivity index (χ4v) is 5.46. The normalized spacial score (nSPS) is 13.3. The molecule has 6 rings (SSSR count). The first-order valence-corrected chi connectivity index (χ1v) is 12.8. The summed E-state index contributed by atoms with van der Waals surface area (Å²) < 4.78 is 4.73. The molecule has 0 amide bonds. The Balaban J connectivity index is 1.38. The van der Waals surface area contributed by atoms with Crippen molar-refractivity contribution in [3.63, 3.8) is 0 Å². The molecule has 0 saturated carbocycles. The summed E-state index contributed by atoms with van der Waals surface area (Å²) in [6.45, 7) is 8.44. The number of rotatable bonds is 5. The molecule has 0 saturated heterocycles. The number of imidazole rings is 2. The van der Waals surface area contributed by atoms with E-state index in [1.54, 1.807) is 0 Å². The molecular weight excluding hydrogens is 428 g/mol. The fraction of sp³-hybridized carbons (Fsp3) is 0.290. The van der Waals surface area contributed by atoms with Gasteiger partial charge in [0.1, 0.15) is 11.6 Å². The minimum absolute atomic E-state index is 0.816. The van der Waals surface area contributed by atoms with Crippen molar-refractivity contribution in [3.8, 4) is 22.4 Å². The molecule has 0 aliphatic carbocycles. The molecule has 2 aromatic heterocycles. The average Bonchev–Trinajstić information content (AvgIpc) is 3.47. The van der Waals surface area contributed by atoms with Crippen molar-refractivity contribution in [2.24, 2.45) is 0 Å². The van der Waals surface area contributed by atoms with Gasteiger partial charge in [0.05, 0.1) is 16.7 Å². The van der Waals surface area contributed by atoms with E-state index >= 15 is 0 Å². The molecule has 0 bridgehead atoms. The molecule has 0 unspecified atom stereocenters. The van der Waals surface area contributed by atoms with Crippen LogP contribution in [0.4, 0.5) is 0 Å². The minimum Gasteiger partial charge on any atom is -0.334 e. The third-order valence-electron chi connectivity index (χ3n) is 7.39. The lowest BCUT2D eigenvalue weighted by atomic mass is 9.99. The van der Waals surface area contributed by atoms with Gasteiger partial charge in [0, 0.05) is 37.7 Å². The number of benzene rings is 3. The first kappa shape index (κ1) is 21.8. The zero-order valence-corrected chi connectivity index (χ0v) is 20.9. The fourth-order valence-electron chi connectivity index (χ4n) is 5.46. The van der Waals surface area contributed by atoms with Gasteiger partial charge in [-0.3, -0.25) is 0 Å². The van der Waals surface area contributed by atoms with E-state index in [2.05, 4.69) is 96.8 Å². The van der Waals surface area contributed by atoms with Crippen LogP contribution in [0.2, 0.25) is 0 Å². The van der Waals surface area contributed by atoms with Gasteiger partial charge in [-0.2, -0.15) is 0 Å². The van der Waals surface area contributed by atoms with Crippen LogP contribution in [-0.2, 0) is 25.9 Å². The van der Waals surface area contributed by atoms with E-state index in [1.165, 1.54) is 57.6 Å². The maximum Gasteiger partial charge on any atom is 0.109 e. The second-order valence-corrected chi connectivity index (χ2v) is 9.83. The molecule has 3 aromatic carbocycles. The Labute approximate surface area is 207 Å². The van der Waals surface area contributed by atoms with E-state index in [0.29, 0.717) is 0 Å². The second kappa shape index (κ2) is 8.84. The van der Waals surface area contributed by atoms with E-state index in [1.807, 2.05) is 0 Å². The van der Waals surface area contributed by atoms with Gasteiger partial charge in [0.2, 0.25) is 0 Å². The lowest BCUT2D eigenvalue weighted by Crippen LogP contribution is -2.08. The van der Waals surface area contributed by atoms with E-state index in [0.717, 1.165) is 43.0 Å². The summed E-state index contributed by atoms with van der Waals surface area (Å²) in [5.74, 6) is 2.35. The van der Waals surface area contributed by atoms with Crippen molar-refractivity contribution < 1.29 is 0 Å². The van der Waals surface area contributed by atoms with E-state index < -0.39 is 0 Å². The third-order valence-corrected chi connectivity index (χ3v) is 7.39. The van der Waals surface area contributed by atoms with E-state index in [9.17, 15) is 0 Å². The lowest BCUT2D eigenvalue weighted by Gasteiger charge is -2.11. The highest BCUT2D eigenvalue weighted by atomic mass is 15.1. The monoisotopic (exact) mass is 460 g/mol. The summed E-state index contributed by atoms with van der Waals surface area (Å²) in [6, 6.07) is 22.1. The highest BCUT2D eigenvalue weighted by molar-refractivity contribution is 5.85. The quantitative estimate of drug-likeness (QED) is 0.280. The topological polar surface area (TPSA) is 35.6 Å². The van der Waals surface area contributed by atoms with Crippen LogP contribution in [0.25, 0.3) is 33.4 Å². The summed E-state index contributed by atoms with van der Waals surface area (Å²) in [4.78, 5) is 10.0. The molecule has 0 radical (unpaired) electrons. The second-order valence-electron chi connectivity index (χ2n) is 9.83. The summed E-state index contributed by atoms with van der Waals surface area (Å²) >= 11 is 0. The average molecular weight is 461 g/mol. The van der Waals surface area contributed by atoms with Crippen LogP contribution in [-0.4, -0.2) is 19.1 Å². The smallest absolute Gasteiger partial charge is 0.109 e. The van der Waals surface area contributed by atoms with Gasteiger partial charge in [-0.05, 0) is 66.6 Å². The molecule has 0 atom stereocenters. The molecule has 0 fully saturated rings. The molecule has 1 aliphatic heterocycles. The van der Waals surface area contributed by atoms with Crippen LogP contribution >= 0.6 is 0 Å². The van der Waals surface area contributed by atoms with Crippen molar-refractivity contribution in [2.75, 3.05) is 0 Å². The summed E-state index contributed by atoms with van der Waals surface area (Å²) in [6.07, 6.45) is 6.71. The van der Waals surface area contributed by atoms with Crippen molar-refractivity contribution in [1.82, 2.24) is 19.1 Å². The van der Waals surface area contributed by atoms with Crippen LogP contribution < -0.4 is 0 Å². The summed E-state index contributed by atoms with van der Waals surface area (Å²) in [5.41, 5.74) is 10.9. The Kier molecular flexibility index (Phi) is 5.52. The van der Waals surface area contributed by atoms with Gasteiger partial charge in [0.15, 0.2) is 0 Å². The Morgan fingerprint density at radius 2 is 1.69 bits per heavy atom. The molecule has 3 heterocycles. The zero-order valence-electron chi connectivity index (χ0n) is 20.9. The molecule has 4 heteroatoms. The summed E-state index contributed by atoms with van der Waals surface area (Å²) in [7, 11) is 0. The van der Waals surface area contributed by atoms with E-state index in [-0.39, 0.29) is 0 Å². The van der Waals surface area contributed by atoms with Crippen LogP contribution in [0.15, 0.2) is 66.9 Å². The minimum atomic E-state index is 0.816. The maximum absolute atomic E-state index is 5.04. The molecule has 0 spiro atoms. The van der Waals surface area contributed by atoms with Gasteiger partial charge < -0.3 is 9.13 Å². The Morgan fingerprint density at radius 1 is 0.857 bits per heavy atom. The molecule has 176 valence electrons. The lowest BCUT2D eigenvalue weighted by molar-refractivity contribution is 0.522. The largest absolute Gasteiger partial charge is 0.334 e. The van der Waals surface area contributed by atoms with Gasteiger partial charge in [-0.1, -0.05) is 55.5 Å². The SMILES string of the molecule is CCc1nc2c(C)cc(-c3cn4c(n3)CCCC4)cc2n1Cc1ccc(-c2ccccc2C)cc1. The van der Waals surface area contributed by atoms with E-state index in [4.69, 9.17) is 9.97 Å². The number of nitrogens with zero attached hydrogens (tertiary/aromatic N) is 4. The maximum atomic E-state index is 5.04. The Morgan fingerprint density at radius 3 is 2.46 bits per heavy atom. The van der Waals surface area contributed by atoms with Crippen molar-refractivity contribution in [2.45, 2.75) is 59.5 Å². The van der Waals surface area contributed by atoms with Gasteiger partial charge in [-0.15, -0.1) is 0 Å². The molecule has 35 heavy (non-hydrogen) atoms. The standard InChI is InChI=1S/C31H32N4/c1-4-29-33-31-22(3)17-25(27-20-34-16-8-7-11-30(34)32-27)18-28(31)35(29)19-23-12-14-24(15-13-23)26-10-6-5-9-21(26)2/h5-6,9-10,12-15,17-18,20H,4,7-8,11,16,19H2,1-3H3. The van der Waals surface area contributed by atoms with Gasteiger partial charge in [0.25, 0.3) is 0 Å². The van der Waals surface area contributed by atoms with Crippen LogP contribution in [0.1, 0.15) is 48.1 Å². The van der Waals surface area contributed by atoms with Crippen LogP contribution in [0, 0.1) is 13.8 Å². The predicted molar refractivity (Wildman–Crippen MR) is 144 cm³/mol. The van der Waals surface area contributed by atoms with Crippen LogP contribution in [0.5, 0.6) is 0 Å². The first-order valence-electron chi connectivity index (χ1n) is 12.8. The van der Waals surface area contributed by atoms with Crippen LogP contribution in [0.3, 0.4) is 0 Å². The van der Waals surface area contributed by atoms with Gasteiger partial charge in [-0.25, -0.2) is 9.97 Å². The number of fused-ring (bicyclic) bond motifs is 2. The number of aryl methyl sites for hydroxylation is 5. The highest BCUT2D eigenvalue weighted by Crippen LogP contribution is 2.30. The van der Waals surface area contributed by atoms with Crippen molar-refractivity contribution in [3.05, 3.63) is 95.2 Å². The first-order chi connectivity index (χ1) is 17.1. The molecule has 5 aromatic rings. The summed E-state index contributed by atoms with van der Waals surface area (Å²) in [5, 5.41) is 0. The third kappa shape index (κ3) is 3.97. The highest BCUT2D eigenvalue weighted by Gasteiger charge is 2.17. The predicted octanol–water partition coefficient (Wildman–Crippen LogP) is 7.13. The molecule has 0 N–H and O–H groups in total. The zero-order chi connectivity index (χ0) is 23.9. The van der Waals surface area contributed by atoms with Crippen molar-refractivity contribution >= 4 is 11.0 Å². The Hall–Kier alpha value is -3.66. The van der Waals surface area contributed by atoms with Crippen molar-refractivity contribution in [1.29, 1.82) is 0 Å².